The molecule has 11 rings (SSSR count). The summed E-state index contributed by atoms with van der Waals surface area (Å²) in [5.41, 5.74) is 29.0. The summed E-state index contributed by atoms with van der Waals surface area (Å²) in [7, 11) is 1.81. The molecule has 0 fully saturated rings. The molecule has 9 aromatic carbocycles. The van der Waals surface area contributed by atoms with Crippen molar-refractivity contribution in [3.63, 3.8) is 0 Å². The summed E-state index contributed by atoms with van der Waals surface area (Å²) in [5.74, 6) is 0. The van der Waals surface area contributed by atoms with Crippen molar-refractivity contribution in [3.8, 4) is 11.1 Å². The fourth-order valence-electron chi connectivity index (χ4n) is 10.1. The van der Waals surface area contributed by atoms with E-state index in [0.717, 1.165) is 33.6 Å². The Labute approximate surface area is 456 Å². The Morgan fingerprint density at radius 3 is 1.69 bits per heavy atom. The Morgan fingerprint density at radius 1 is 0.468 bits per heavy atom. The van der Waals surface area contributed by atoms with Crippen LogP contribution in [0, 0.1) is 13.8 Å². The Bertz CT molecular complexity index is 3730. The first-order valence-corrected chi connectivity index (χ1v) is 26.1. The van der Waals surface area contributed by atoms with Gasteiger partial charge < -0.3 is 16.8 Å². The quantitative estimate of drug-likeness (QED) is 0.0807. The van der Waals surface area contributed by atoms with Gasteiger partial charge in [-0.25, -0.2) is 0 Å². The molecule has 378 valence electrons. The number of hydrogen-bond donors (Lipinski definition) is 3. The van der Waals surface area contributed by atoms with Crippen LogP contribution in [0.4, 0.5) is 11.4 Å². The van der Waals surface area contributed by atoms with E-state index in [1.807, 2.05) is 92.0 Å². The number of anilines is 2. The second kappa shape index (κ2) is 26.5. The van der Waals surface area contributed by atoms with Crippen molar-refractivity contribution >= 4 is 50.1 Å². The van der Waals surface area contributed by atoms with Gasteiger partial charge in [0, 0.05) is 18.4 Å². The molecule has 77 heavy (non-hydrogen) atoms. The number of hydrogen-bond acceptors (Lipinski definition) is 3. The summed E-state index contributed by atoms with van der Waals surface area (Å²) in [6, 6.07) is 72.0. The number of benzene rings is 9. The Balaban J connectivity index is 0.000000267. The molecule has 0 heterocycles. The highest BCUT2D eigenvalue weighted by molar-refractivity contribution is 6.19. The van der Waals surface area contributed by atoms with Crippen molar-refractivity contribution in [2.45, 2.75) is 19.3 Å². The van der Waals surface area contributed by atoms with Gasteiger partial charge in [0.15, 0.2) is 0 Å². The summed E-state index contributed by atoms with van der Waals surface area (Å²) in [6.45, 7) is 11.5. The van der Waals surface area contributed by atoms with Crippen LogP contribution in [0.15, 0.2) is 310 Å². The fourth-order valence-corrected chi connectivity index (χ4v) is 10.1. The molecule has 2 aliphatic rings. The third-order valence-corrected chi connectivity index (χ3v) is 13.6. The van der Waals surface area contributed by atoms with Crippen LogP contribution in [0.3, 0.4) is 0 Å². The normalized spacial score (nSPS) is 17.7. The minimum Gasteiger partial charge on any atom is -0.399 e. The van der Waals surface area contributed by atoms with Crippen LogP contribution in [0.1, 0.15) is 44.5 Å². The molecule has 0 saturated heterocycles. The highest BCUT2D eigenvalue weighted by Gasteiger charge is 2.51. The lowest BCUT2D eigenvalue weighted by Gasteiger charge is -2.37. The van der Waals surface area contributed by atoms with E-state index < -0.39 is 5.41 Å². The number of allylic oxidation sites excluding steroid dienone is 16. The summed E-state index contributed by atoms with van der Waals surface area (Å²) in [4.78, 5) is 0. The van der Waals surface area contributed by atoms with Crippen molar-refractivity contribution in [1.82, 2.24) is 5.32 Å². The molecule has 0 bridgehead atoms. The maximum absolute atomic E-state index is 7.18. The van der Waals surface area contributed by atoms with E-state index in [0.29, 0.717) is 0 Å². The molecular weight excluding hydrogens is 931 g/mol. The number of nitrogen functional groups attached to an aromatic ring is 2. The molecule has 0 saturated carbocycles. The minimum atomic E-state index is -0.777. The highest BCUT2D eigenvalue weighted by atomic mass is 14.8. The topological polar surface area (TPSA) is 64.1 Å². The molecule has 0 amide bonds. The van der Waals surface area contributed by atoms with E-state index in [9.17, 15) is 0 Å². The average Bonchev–Trinajstić information content (AvgIpc) is 4.04. The molecule has 0 spiro atoms. The maximum atomic E-state index is 7.18. The SMILES string of the molecule is C=C/C=C\C=C/c1ccccc1C1(c2ccccc2N)C2=C/C=C/C=C(c3cccc(C)c3)\C=C/C=C/C=C\2c2c1c1ccccc1c1ccccc21.C=CNC.Cc1ccccc1.Nc1ccc(-c2ccccc2)cc1. The minimum absolute atomic E-state index is 0.748. The highest BCUT2D eigenvalue weighted by Crippen LogP contribution is 2.62. The maximum Gasteiger partial charge on any atom is 0.0745 e. The molecule has 1 atom stereocenters. The predicted octanol–water partition coefficient (Wildman–Crippen LogP) is 18.3. The Morgan fingerprint density at radius 2 is 1.03 bits per heavy atom. The first-order valence-electron chi connectivity index (χ1n) is 26.1. The van der Waals surface area contributed by atoms with Gasteiger partial charge in [-0.3, -0.25) is 0 Å². The summed E-state index contributed by atoms with van der Waals surface area (Å²) < 4.78 is 0. The van der Waals surface area contributed by atoms with Crippen LogP contribution in [-0.2, 0) is 5.41 Å². The molecule has 1 unspecified atom stereocenters. The first-order chi connectivity index (χ1) is 37.8. The number of fused-ring (bicyclic) bond motifs is 8. The molecule has 2 aliphatic carbocycles. The number of nitrogens with two attached hydrogens (primary N) is 2. The van der Waals surface area contributed by atoms with Crippen LogP contribution in [-0.4, -0.2) is 7.05 Å². The van der Waals surface area contributed by atoms with Crippen molar-refractivity contribution in [1.29, 1.82) is 0 Å². The lowest BCUT2D eigenvalue weighted by Crippen LogP contribution is -2.31. The standard InChI is InChI=1S/C52H41N.C12H11N.C7H8.C3H7N/c1-3-4-5-7-24-39-25-11-16-32-46(39)52(48-34-18-19-35-49(48)53)47-33-17-10-23-38(40-26-20-21-37(2)36-40)22-8-6-9-31-45(47)50-43-29-14-12-27-41(43)42-28-13-15-30-44(42)51(50)52;13-12-8-6-11(7-9-12)10-4-2-1-3-5-10;1-7-5-3-2-4-6-7;1-3-4-2/h3-36H,1,53H2,2H3;1-9H,13H2;2-6H,1H3;3-4H,1H2,2H3/b5-4-,8-6?,9-6+,17-10+,22-8-,23-10?,24-7-,31-9?,33-17?,38-22?,38-23+,45-31+,47-33+;;;. The zero-order chi connectivity index (χ0) is 53.8. The van der Waals surface area contributed by atoms with E-state index in [1.54, 1.807) is 12.3 Å². The smallest absolute Gasteiger partial charge is 0.0745 e. The Kier molecular flexibility index (Phi) is 18.4. The summed E-state index contributed by atoms with van der Waals surface area (Å²) >= 11 is 0. The molecule has 9 aromatic rings. The fraction of sp³-hybridized carbons (Fsp3) is 0.0541. The van der Waals surface area contributed by atoms with Gasteiger partial charge in [0.25, 0.3) is 0 Å². The van der Waals surface area contributed by atoms with Crippen LogP contribution in [0.5, 0.6) is 0 Å². The zero-order valence-corrected chi connectivity index (χ0v) is 44.4. The molecule has 0 radical (unpaired) electrons. The second-order valence-corrected chi connectivity index (χ2v) is 18.7. The van der Waals surface area contributed by atoms with Crippen LogP contribution >= 0.6 is 0 Å². The van der Waals surface area contributed by atoms with Gasteiger partial charge in [-0.05, 0) is 121 Å². The number of nitrogens with one attached hydrogen (secondary N) is 1. The van der Waals surface area contributed by atoms with E-state index in [-0.39, 0.29) is 0 Å². The van der Waals surface area contributed by atoms with E-state index >= 15 is 0 Å². The largest absolute Gasteiger partial charge is 0.399 e. The van der Waals surface area contributed by atoms with Crippen molar-refractivity contribution < 1.29 is 0 Å². The third-order valence-electron chi connectivity index (χ3n) is 13.6. The summed E-state index contributed by atoms with van der Waals surface area (Å²) in [6.07, 6.45) is 31.5. The van der Waals surface area contributed by atoms with Gasteiger partial charge in [-0.15, -0.1) is 0 Å². The van der Waals surface area contributed by atoms with Crippen LogP contribution in [0.2, 0.25) is 0 Å². The zero-order valence-electron chi connectivity index (χ0n) is 44.4. The molecule has 3 nitrogen and oxygen atoms in total. The second-order valence-electron chi connectivity index (χ2n) is 18.7. The lowest BCUT2D eigenvalue weighted by atomic mass is 9.64. The number of para-hydroxylation sites is 1. The van der Waals surface area contributed by atoms with Gasteiger partial charge >= 0.3 is 0 Å². The lowest BCUT2D eigenvalue weighted by molar-refractivity contribution is 0.778. The molecule has 3 heteroatoms. The number of aryl methyl sites for hydroxylation is 2. The average molecular weight is 998 g/mol. The number of rotatable bonds is 8. The molecule has 0 aliphatic heterocycles. The van der Waals surface area contributed by atoms with Crippen molar-refractivity contribution in [3.05, 3.63) is 355 Å². The third kappa shape index (κ3) is 12.5. The van der Waals surface area contributed by atoms with Gasteiger partial charge in [-0.1, -0.05) is 297 Å². The monoisotopic (exact) mass is 998 g/mol. The molecule has 0 aromatic heterocycles. The van der Waals surface area contributed by atoms with Crippen molar-refractivity contribution in [2.24, 2.45) is 0 Å². The van der Waals surface area contributed by atoms with Crippen molar-refractivity contribution in [2.75, 3.05) is 18.5 Å². The van der Waals surface area contributed by atoms with Gasteiger partial charge in [0.2, 0.25) is 0 Å². The molecular formula is C74H67N3. The van der Waals surface area contributed by atoms with Gasteiger partial charge in [-0.2, -0.15) is 0 Å². The first kappa shape index (κ1) is 53.6. The van der Waals surface area contributed by atoms with E-state index in [2.05, 4.69) is 233 Å². The van der Waals surface area contributed by atoms with E-state index in [1.165, 1.54) is 71.6 Å². The van der Waals surface area contributed by atoms with Crippen LogP contribution < -0.4 is 16.8 Å². The molecule has 5 N–H and O–H groups in total. The van der Waals surface area contributed by atoms with Gasteiger partial charge in [0.05, 0.1) is 5.41 Å². The summed E-state index contributed by atoms with van der Waals surface area (Å²) in [5, 5.41) is 7.58. The predicted molar refractivity (Wildman–Crippen MR) is 336 cm³/mol. The van der Waals surface area contributed by atoms with Gasteiger partial charge in [0.1, 0.15) is 0 Å². The Hall–Kier alpha value is -9.70. The van der Waals surface area contributed by atoms with Crippen LogP contribution in [0.25, 0.3) is 49.9 Å². The van der Waals surface area contributed by atoms with E-state index in [4.69, 9.17) is 11.5 Å².